The number of benzene rings is 1. The highest BCUT2D eigenvalue weighted by molar-refractivity contribution is 5.80. The maximum atomic E-state index is 4.55. The molecule has 0 unspecified atom stereocenters. The topological polar surface area (TPSA) is 45.5 Å². The fraction of sp³-hybridized carbons (Fsp3) is 0.500. The van der Waals surface area contributed by atoms with Crippen LogP contribution in [0.5, 0.6) is 0 Å². The molecule has 1 saturated heterocycles. The van der Waals surface area contributed by atoms with Gasteiger partial charge < -0.3 is 10.2 Å². The third-order valence-electron chi connectivity index (χ3n) is 5.76. The van der Waals surface area contributed by atoms with E-state index in [1.165, 1.54) is 31.2 Å². The van der Waals surface area contributed by atoms with Crippen LogP contribution >= 0.6 is 0 Å². The van der Waals surface area contributed by atoms with Crippen molar-refractivity contribution in [2.45, 2.75) is 39.2 Å². The largest absolute Gasteiger partial charge is 0.352 e. The van der Waals surface area contributed by atoms with Crippen molar-refractivity contribution in [3.05, 3.63) is 47.8 Å². The van der Waals surface area contributed by atoms with E-state index in [1.54, 1.807) is 0 Å². The second-order valence-electron chi connectivity index (χ2n) is 7.46. The van der Waals surface area contributed by atoms with Crippen LogP contribution in [-0.2, 0) is 6.54 Å². The van der Waals surface area contributed by atoms with Crippen LogP contribution in [0.15, 0.2) is 41.5 Å². The molecule has 0 atom stereocenters. The lowest BCUT2D eigenvalue weighted by molar-refractivity contribution is 0.151. The molecular weight excluding hydrogens is 310 g/mol. The molecule has 2 fully saturated rings. The summed E-state index contributed by atoms with van der Waals surface area (Å²) >= 11 is 0. The number of likely N-dealkylation sites (tertiary alicyclic amines) is 1. The van der Waals surface area contributed by atoms with Gasteiger partial charge in [-0.1, -0.05) is 24.6 Å². The number of aromatic nitrogens is 2. The van der Waals surface area contributed by atoms with Crippen LogP contribution in [0.2, 0.25) is 0 Å². The highest BCUT2D eigenvalue weighted by Crippen LogP contribution is 2.47. The van der Waals surface area contributed by atoms with Crippen LogP contribution in [0.1, 0.15) is 36.9 Å². The van der Waals surface area contributed by atoms with Gasteiger partial charge in [-0.05, 0) is 49.3 Å². The quantitative estimate of drug-likeness (QED) is 0.691. The zero-order valence-electron chi connectivity index (χ0n) is 15.2. The lowest BCUT2D eigenvalue weighted by Crippen LogP contribution is -2.42. The summed E-state index contributed by atoms with van der Waals surface area (Å²) < 4.78 is 1.95. The molecule has 1 aliphatic carbocycles. The maximum absolute atomic E-state index is 4.55. The van der Waals surface area contributed by atoms with Gasteiger partial charge in [-0.2, -0.15) is 5.10 Å². The van der Waals surface area contributed by atoms with Crippen molar-refractivity contribution in [3.63, 3.8) is 0 Å². The van der Waals surface area contributed by atoms with Crippen LogP contribution in [0.3, 0.4) is 0 Å². The van der Waals surface area contributed by atoms with E-state index < -0.39 is 0 Å². The monoisotopic (exact) mass is 337 g/mol. The number of nitrogens with one attached hydrogen (secondary N) is 1. The molecule has 1 N–H and O–H groups in total. The Morgan fingerprint density at radius 3 is 2.72 bits per heavy atom. The van der Waals surface area contributed by atoms with Gasteiger partial charge in [-0.15, -0.1) is 0 Å². The first-order valence-electron chi connectivity index (χ1n) is 9.25. The van der Waals surface area contributed by atoms with Crippen LogP contribution in [0, 0.1) is 12.3 Å². The van der Waals surface area contributed by atoms with Gasteiger partial charge in [0.15, 0.2) is 5.96 Å². The lowest BCUT2D eigenvalue weighted by atomic mass is 9.68. The summed E-state index contributed by atoms with van der Waals surface area (Å²) in [4.78, 5) is 6.96. The Labute approximate surface area is 149 Å². The van der Waals surface area contributed by atoms with Crippen molar-refractivity contribution in [1.82, 2.24) is 20.0 Å². The van der Waals surface area contributed by atoms with E-state index in [-0.39, 0.29) is 0 Å². The van der Waals surface area contributed by atoms with E-state index in [1.807, 2.05) is 30.9 Å². The Hall–Kier alpha value is -2.30. The highest BCUT2D eigenvalue weighted by atomic mass is 15.3. The van der Waals surface area contributed by atoms with Crippen molar-refractivity contribution in [2.24, 2.45) is 10.4 Å². The number of para-hydroxylation sites is 1. The molecule has 1 aromatic carbocycles. The minimum Gasteiger partial charge on any atom is -0.352 e. The van der Waals surface area contributed by atoms with Crippen LogP contribution in [0.25, 0.3) is 5.69 Å². The molecule has 1 spiro atoms. The minimum absolute atomic E-state index is 0.585. The molecule has 4 rings (SSSR count). The van der Waals surface area contributed by atoms with Crippen molar-refractivity contribution in [3.8, 4) is 5.69 Å². The third-order valence-corrected chi connectivity index (χ3v) is 5.76. The SMILES string of the molecule is CN=C(NCc1ccccc1-n1ccc(C)n1)N1CCC2(CCC2)C1. The van der Waals surface area contributed by atoms with Gasteiger partial charge in [0.25, 0.3) is 0 Å². The Morgan fingerprint density at radius 1 is 1.24 bits per heavy atom. The zero-order valence-corrected chi connectivity index (χ0v) is 15.2. The summed E-state index contributed by atoms with van der Waals surface area (Å²) in [7, 11) is 1.89. The molecule has 0 radical (unpaired) electrons. The smallest absolute Gasteiger partial charge is 0.193 e. The molecule has 5 heteroatoms. The Morgan fingerprint density at radius 2 is 2.08 bits per heavy atom. The van der Waals surface area contributed by atoms with Crippen LogP contribution in [0.4, 0.5) is 0 Å². The first kappa shape index (κ1) is 16.2. The van der Waals surface area contributed by atoms with Gasteiger partial charge in [0, 0.05) is 32.9 Å². The molecule has 0 amide bonds. The van der Waals surface area contributed by atoms with Gasteiger partial charge in [0.05, 0.1) is 11.4 Å². The average molecular weight is 337 g/mol. The molecule has 0 bridgehead atoms. The van der Waals surface area contributed by atoms with Crippen molar-refractivity contribution < 1.29 is 0 Å². The lowest BCUT2D eigenvalue weighted by Gasteiger charge is -2.38. The Balaban J connectivity index is 1.46. The van der Waals surface area contributed by atoms with Gasteiger partial charge >= 0.3 is 0 Å². The molecule has 1 aromatic heterocycles. The van der Waals surface area contributed by atoms with Crippen LogP contribution < -0.4 is 5.32 Å². The molecule has 5 nitrogen and oxygen atoms in total. The zero-order chi connectivity index (χ0) is 17.3. The maximum Gasteiger partial charge on any atom is 0.193 e. The van der Waals surface area contributed by atoms with Gasteiger partial charge in [-0.25, -0.2) is 4.68 Å². The number of nitrogens with zero attached hydrogens (tertiary/aromatic N) is 4. The normalized spacial score (nSPS) is 19.3. The van der Waals surface area contributed by atoms with Crippen molar-refractivity contribution in [2.75, 3.05) is 20.1 Å². The first-order chi connectivity index (χ1) is 12.2. The van der Waals surface area contributed by atoms with Crippen molar-refractivity contribution >= 4 is 5.96 Å². The first-order valence-corrected chi connectivity index (χ1v) is 9.25. The van der Waals surface area contributed by atoms with E-state index in [2.05, 4.69) is 44.6 Å². The van der Waals surface area contributed by atoms with E-state index in [0.29, 0.717) is 5.41 Å². The summed E-state index contributed by atoms with van der Waals surface area (Å²) in [6.45, 7) is 5.06. The standard InChI is InChI=1S/C20H27N5/c1-16-8-12-25(23-16)18-7-4-3-6-17(18)14-22-19(21-2)24-13-11-20(15-24)9-5-10-20/h3-4,6-8,12H,5,9-11,13-15H2,1-2H3,(H,21,22). The van der Waals surface area contributed by atoms with Gasteiger partial charge in [-0.3, -0.25) is 4.99 Å². The molecule has 2 aliphatic rings. The number of hydrogen-bond donors (Lipinski definition) is 1. The van der Waals surface area contributed by atoms with Crippen molar-refractivity contribution in [1.29, 1.82) is 0 Å². The Kier molecular flexibility index (Phi) is 4.24. The predicted molar refractivity (Wildman–Crippen MR) is 101 cm³/mol. The fourth-order valence-corrected chi connectivity index (χ4v) is 4.14. The Bertz CT molecular complexity index is 772. The molecule has 1 aliphatic heterocycles. The molecule has 2 heterocycles. The van der Waals surface area contributed by atoms with E-state index >= 15 is 0 Å². The average Bonchev–Trinajstić information content (AvgIpc) is 3.23. The molecule has 2 aromatic rings. The third kappa shape index (κ3) is 3.15. The summed E-state index contributed by atoms with van der Waals surface area (Å²) in [5.41, 5.74) is 3.96. The summed E-state index contributed by atoms with van der Waals surface area (Å²) in [6, 6.07) is 10.4. The number of hydrogen-bond acceptors (Lipinski definition) is 2. The number of aliphatic imine (C=N–C) groups is 1. The second-order valence-corrected chi connectivity index (χ2v) is 7.46. The number of guanidine groups is 1. The fourth-order valence-electron chi connectivity index (χ4n) is 4.14. The summed E-state index contributed by atoms with van der Waals surface area (Å²) in [5.74, 6) is 1.02. The molecular formula is C20H27N5. The van der Waals surface area contributed by atoms with Gasteiger partial charge in [0.1, 0.15) is 0 Å². The predicted octanol–water partition coefficient (Wildman–Crippen LogP) is 3.13. The van der Waals surface area contributed by atoms with E-state index in [0.717, 1.165) is 37.0 Å². The van der Waals surface area contributed by atoms with Crippen LogP contribution in [-0.4, -0.2) is 40.8 Å². The summed E-state index contributed by atoms with van der Waals surface area (Å²) in [6.07, 6.45) is 7.52. The number of aryl methyl sites for hydroxylation is 1. The van der Waals surface area contributed by atoms with E-state index in [4.69, 9.17) is 0 Å². The molecule has 1 saturated carbocycles. The second kappa shape index (κ2) is 6.54. The highest BCUT2D eigenvalue weighted by Gasteiger charge is 2.43. The number of rotatable bonds is 3. The minimum atomic E-state index is 0.585. The van der Waals surface area contributed by atoms with Gasteiger partial charge in [0.2, 0.25) is 0 Å². The summed E-state index contributed by atoms with van der Waals surface area (Å²) in [5, 5.41) is 8.12. The molecule has 25 heavy (non-hydrogen) atoms. The molecule has 132 valence electrons. The van der Waals surface area contributed by atoms with E-state index in [9.17, 15) is 0 Å².